The molecule has 2 rings (SSSR count). The average Bonchev–Trinajstić information content (AvgIpc) is 2.35. The minimum Gasteiger partial charge on any atom is -0.376 e. The summed E-state index contributed by atoms with van der Waals surface area (Å²) < 4.78 is 5.74. The molecule has 3 atom stereocenters. The lowest BCUT2D eigenvalue weighted by molar-refractivity contribution is -0.0398. The van der Waals surface area contributed by atoms with Gasteiger partial charge in [0.15, 0.2) is 0 Å². The van der Waals surface area contributed by atoms with Crippen molar-refractivity contribution in [2.45, 2.75) is 58.6 Å². The second-order valence-electron chi connectivity index (χ2n) is 6.83. The number of ether oxygens (including phenoxy) is 1. The zero-order valence-corrected chi connectivity index (χ0v) is 12.3. The summed E-state index contributed by atoms with van der Waals surface area (Å²) >= 11 is 0. The molecular formula is C15H30N2O. The maximum atomic E-state index is 6.48. The van der Waals surface area contributed by atoms with Crippen molar-refractivity contribution in [1.29, 1.82) is 0 Å². The Morgan fingerprint density at radius 3 is 2.89 bits per heavy atom. The molecule has 3 heteroatoms. The van der Waals surface area contributed by atoms with E-state index in [1.165, 1.54) is 25.8 Å². The van der Waals surface area contributed by atoms with E-state index in [1.54, 1.807) is 0 Å². The molecule has 18 heavy (non-hydrogen) atoms. The first-order chi connectivity index (χ1) is 8.53. The molecule has 0 aromatic heterocycles. The Balaban J connectivity index is 1.88. The Morgan fingerprint density at radius 2 is 2.17 bits per heavy atom. The minimum atomic E-state index is 0.319. The monoisotopic (exact) mass is 254 g/mol. The van der Waals surface area contributed by atoms with Crippen LogP contribution in [-0.2, 0) is 4.74 Å². The fourth-order valence-electron chi connectivity index (χ4n) is 3.53. The minimum absolute atomic E-state index is 0.319. The normalized spacial score (nSPS) is 37.7. The number of morpholine rings is 1. The summed E-state index contributed by atoms with van der Waals surface area (Å²) in [6, 6.07) is 0.356. The average molecular weight is 254 g/mol. The highest BCUT2D eigenvalue weighted by Crippen LogP contribution is 2.38. The molecular weight excluding hydrogens is 224 g/mol. The molecule has 106 valence electrons. The Hall–Kier alpha value is -0.120. The van der Waals surface area contributed by atoms with Gasteiger partial charge in [-0.2, -0.15) is 0 Å². The van der Waals surface area contributed by atoms with Crippen molar-refractivity contribution in [3.8, 4) is 0 Å². The van der Waals surface area contributed by atoms with Crippen LogP contribution in [0, 0.1) is 11.3 Å². The molecule has 0 radical (unpaired) electrons. The molecule has 1 heterocycles. The first-order valence-electron chi connectivity index (χ1n) is 7.62. The molecule has 0 aromatic rings. The number of nitrogens with zero attached hydrogens (tertiary/aromatic N) is 1. The molecule has 2 fully saturated rings. The van der Waals surface area contributed by atoms with E-state index in [4.69, 9.17) is 10.5 Å². The van der Waals surface area contributed by atoms with Gasteiger partial charge in [0.05, 0.1) is 12.7 Å². The lowest BCUT2D eigenvalue weighted by atomic mass is 9.68. The molecule has 2 aliphatic rings. The van der Waals surface area contributed by atoms with Crippen LogP contribution in [0.3, 0.4) is 0 Å². The Morgan fingerprint density at radius 1 is 1.39 bits per heavy atom. The topological polar surface area (TPSA) is 38.5 Å². The quantitative estimate of drug-likeness (QED) is 0.839. The number of nitrogens with two attached hydrogens (primary N) is 1. The van der Waals surface area contributed by atoms with Crippen LogP contribution < -0.4 is 5.73 Å². The lowest BCUT2D eigenvalue weighted by Crippen LogP contribution is -2.52. The van der Waals surface area contributed by atoms with Crippen LogP contribution in [0.1, 0.15) is 46.5 Å². The molecule has 0 aromatic carbocycles. The second kappa shape index (κ2) is 5.89. The van der Waals surface area contributed by atoms with Crippen LogP contribution in [0.5, 0.6) is 0 Å². The van der Waals surface area contributed by atoms with Crippen LogP contribution in [0.4, 0.5) is 0 Å². The predicted octanol–water partition coefficient (Wildman–Crippen LogP) is 2.25. The third-order valence-electron chi connectivity index (χ3n) is 4.98. The zero-order valence-electron chi connectivity index (χ0n) is 12.3. The van der Waals surface area contributed by atoms with Crippen molar-refractivity contribution in [3.63, 3.8) is 0 Å². The molecule has 2 N–H and O–H groups in total. The largest absolute Gasteiger partial charge is 0.376 e. The summed E-state index contributed by atoms with van der Waals surface area (Å²) in [6.07, 6.45) is 5.49. The van der Waals surface area contributed by atoms with Gasteiger partial charge in [-0.3, -0.25) is 4.90 Å². The smallest absolute Gasteiger partial charge is 0.0700 e. The van der Waals surface area contributed by atoms with Crippen molar-refractivity contribution in [1.82, 2.24) is 4.90 Å². The highest BCUT2D eigenvalue weighted by molar-refractivity contribution is 4.92. The molecule has 1 saturated heterocycles. The van der Waals surface area contributed by atoms with Gasteiger partial charge in [-0.15, -0.1) is 0 Å². The van der Waals surface area contributed by atoms with E-state index >= 15 is 0 Å². The van der Waals surface area contributed by atoms with E-state index in [9.17, 15) is 0 Å². The standard InChI is InChI=1S/C15H30N2O/c1-4-13-11-17(8-9-18-13)10-12-6-5-7-15(2,3)14(12)16/h12-14H,4-11,16H2,1-3H3. The maximum Gasteiger partial charge on any atom is 0.0700 e. The third-order valence-corrected chi connectivity index (χ3v) is 4.98. The van der Waals surface area contributed by atoms with Crippen molar-refractivity contribution < 1.29 is 4.74 Å². The van der Waals surface area contributed by atoms with E-state index in [-0.39, 0.29) is 0 Å². The van der Waals surface area contributed by atoms with Gasteiger partial charge in [-0.25, -0.2) is 0 Å². The van der Waals surface area contributed by atoms with E-state index in [2.05, 4.69) is 25.7 Å². The third kappa shape index (κ3) is 3.25. The van der Waals surface area contributed by atoms with Crippen molar-refractivity contribution in [2.75, 3.05) is 26.2 Å². The van der Waals surface area contributed by atoms with Crippen LogP contribution in [0.2, 0.25) is 0 Å². The van der Waals surface area contributed by atoms with Gasteiger partial charge in [0.1, 0.15) is 0 Å². The molecule has 1 aliphatic carbocycles. The predicted molar refractivity (Wildman–Crippen MR) is 75.6 cm³/mol. The summed E-state index contributed by atoms with van der Waals surface area (Å²) in [5.41, 5.74) is 6.80. The summed E-state index contributed by atoms with van der Waals surface area (Å²) in [5.74, 6) is 0.671. The van der Waals surface area contributed by atoms with Gasteiger partial charge in [0.25, 0.3) is 0 Å². The van der Waals surface area contributed by atoms with E-state index in [0.29, 0.717) is 23.5 Å². The van der Waals surface area contributed by atoms with Crippen LogP contribution >= 0.6 is 0 Å². The van der Waals surface area contributed by atoms with E-state index in [1.807, 2.05) is 0 Å². The fourth-order valence-corrected chi connectivity index (χ4v) is 3.53. The highest BCUT2D eigenvalue weighted by atomic mass is 16.5. The fraction of sp³-hybridized carbons (Fsp3) is 1.00. The van der Waals surface area contributed by atoms with Crippen molar-refractivity contribution in [2.24, 2.45) is 17.1 Å². The SMILES string of the molecule is CCC1CN(CC2CCCC(C)(C)C2N)CCO1. The number of hydrogen-bond donors (Lipinski definition) is 1. The first kappa shape index (κ1) is 14.3. The summed E-state index contributed by atoms with van der Waals surface area (Å²) in [6.45, 7) is 11.1. The molecule has 3 nitrogen and oxygen atoms in total. The zero-order chi connectivity index (χ0) is 13.2. The Labute approximate surface area is 112 Å². The van der Waals surface area contributed by atoms with Gasteiger partial charge in [0.2, 0.25) is 0 Å². The van der Waals surface area contributed by atoms with Gasteiger partial charge < -0.3 is 10.5 Å². The van der Waals surface area contributed by atoms with Gasteiger partial charge in [0, 0.05) is 25.7 Å². The maximum absolute atomic E-state index is 6.48. The van der Waals surface area contributed by atoms with Crippen molar-refractivity contribution in [3.05, 3.63) is 0 Å². The van der Waals surface area contributed by atoms with E-state index in [0.717, 1.165) is 26.1 Å². The second-order valence-corrected chi connectivity index (χ2v) is 6.83. The lowest BCUT2D eigenvalue weighted by Gasteiger charge is -2.44. The molecule has 0 spiro atoms. The number of hydrogen-bond acceptors (Lipinski definition) is 3. The van der Waals surface area contributed by atoms with E-state index < -0.39 is 0 Å². The summed E-state index contributed by atoms with van der Waals surface area (Å²) in [4.78, 5) is 2.57. The van der Waals surface area contributed by atoms with Crippen LogP contribution in [-0.4, -0.2) is 43.3 Å². The van der Waals surface area contributed by atoms with Gasteiger partial charge in [-0.1, -0.05) is 27.2 Å². The Kier molecular flexibility index (Phi) is 4.68. The number of rotatable bonds is 3. The Bertz CT molecular complexity index is 267. The highest BCUT2D eigenvalue weighted by Gasteiger charge is 2.37. The van der Waals surface area contributed by atoms with Gasteiger partial charge in [-0.05, 0) is 30.6 Å². The summed E-state index contributed by atoms with van der Waals surface area (Å²) in [5, 5.41) is 0. The van der Waals surface area contributed by atoms with Crippen LogP contribution in [0.25, 0.3) is 0 Å². The van der Waals surface area contributed by atoms with Crippen LogP contribution in [0.15, 0.2) is 0 Å². The van der Waals surface area contributed by atoms with Crippen molar-refractivity contribution >= 4 is 0 Å². The molecule has 0 amide bonds. The molecule has 3 unspecified atom stereocenters. The molecule has 0 bridgehead atoms. The van der Waals surface area contributed by atoms with Gasteiger partial charge >= 0.3 is 0 Å². The molecule has 1 aliphatic heterocycles. The summed E-state index contributed by atoms with van der Waals surface area (Å²) in [7, 11) is 0. The first-order valence-corrected chi connectivity index (χ1v) is 7.62. The molecule has 1 saturated carbocycles.